The summed E-state index contributed by atoms with van der Waals surface area (Å²) in [6.07, 6.45) is -4.85. The van der Waals surface area contributed by atoms with Gasteiger partial charge in [-0.05, 0) is 82.1 Å². The van der Waals surface area contributed by atoms with Crippen molar-refractivity contribution in [2.45, 2.75) is 148 Å². The number of carbonyl (C=O) groups is 3. The average molecular weight is 1080 g/mol. The van der Waals surface area contributed by atoms with Crippen LogP contribution in [0.2, 0.25) is 0 Å². The Hall–Kier alpha value is -4.51. The number of aromatic nitrogens is 4. The van der Waals surface area contributed by atoms with Crippen molar-refractivity contribution in [2.75, 3.05) is 33.4 Å². The normalized spacial score (nSPS) is 28.6. The molecule has 2 unspecified atom stereocenters. The predicted molar refractivity (Wildman–Crippen MR) is 246 cm³/mol. The molecule has 0 aromatic carbocycles. The standard InChI is InChI=1S/C23H37FN3O12P.C18H29FN3O9P/c1-13(2)38-18(29)15(5)26-40(34,37-12-35-21(32)39-14(3)4)36-11-23(10-24)9-16(22(6,33)19(23)30)27-8-7-17(28)25-20(27)31;1-10(2)31-14(24)11(3)21-32(28,29)30-9-18(8-19)7-12(17(4,27)15(18)25)22-6-5-13(23)20-16(22)26/h7-8,13-16,19,30,33H,9-12H2,1-6H3,(H,26,34)(H,25,28,31);5-6,10-12,15,25,27H,7-9H2,1-4H3,(H,20,23,26)(H2,21,28,29)/t15-,16+,19-,22-,23-,40?;11-,12+,15-,17-,18-/m00/s1. The Morgan fingerprint density at radius 1 is 0.694 bits per heavy atom. The van der Waals surface area contributed by atoms with Gasteiger partial charge in [0.1, 0.15) is 23.3 Å². The molecule has 27 nitrogen and oxygen atoms in total. The Labute approximate surface area is 410 Å². The predicted octanol–water partition coefficient (Wildman–Crippen LogP) is 0.735. The zero-order valence-corrected chi connectivity index (χ0v) is 43.1. The molecule has 2 fully saturated rings. The summed E-state index contributed by atoms with van der Waals surface area (Å²) in [5.41, 5.74) is -11.1. The fourth-order valence-electron chi connectivity index (χ4n) is 7.93. The summed E-state index contributed by atoms with van der Waals surface area (Å²) in [4.78, 5) is 97.2. The first-order valence-corrected chi connectivity index (χ1v) is 25.5. The molecule has 2 aromatic rings. The van der Waals surface area contributed by atoms with Crippen molar-refractivity contribution in [3.63, 3.8) is 0 Å². The van der Waals surface area contributed by atoms with Crippen molar-refractivity contribution in [3.8, 4) is 0 Å². The minimum Gasteiger partial charge on any atom is -0.462 e. The van der Waals surface area contributed by atoms with Crippen LogP contribution < -0.4 is 32.7 Å². The van der Waals surface area contributed by atoms with Crippen LogP contribution in [0.4, 0.5) is 13.6 Å². The molecule has 2 aliphatic rings. The number of nitrogens with one attached hydrogen (secondary N) is 4. The molecular formula is C41H66F2N6O21P2. The highest BCUT2D eigenvalue weighted by Gasteiger charge is 2.62. The molecule has 0 aliphatic heterocycles. The number of aliphatic hydroxyl groups is 4. The van der Waals surface area contributed by atoms with Crippen LogP contribution in [0.1, 0.15) is 94.2 Å². The third kappa shape index (κ3) is 15.5. The molecule has 12 atom stereocenters. The minimum absolute atomic E-state index is 0.353. The topological polar surface area (TPSA) is 385 Å². The summed E-state index contributed by atoms with van der Waals surface area (Å²) in [5, 5.41) is 48.0. The summed E-state index contributed by atoms with van der Waals surface area (Å²) in [7, 11) is -9.26. The van der Waals surface area contributed by atoms with Gasteiger partial charge in [-0.2, -0.15) is 0 Å². The molecule has 9 N–H and O–H groups in total. The van der Waals surface area contributed by atoms with E-state index < -0.39 is 173 Å². The fourth-order valence-corrected chi connectivity index (χ4v) is 10.5. The maximum absolute atomic E-state index is 14.6. The minimum atomic E-state index is -4.66. The van der Waals surface area contributed by atoms with E-state index in [4.69, 9.17) is 32.5 Å². The summed E-state index contributed by atoms with van der Waals surface area (Å²) >= 11 is 0. The zero-order valence-electron chi connectivity index (χ0n) is 41.3. The number of aliphatic hydroxyl groups excluding tert-OH is 2. The van der Waals surface area contributed by atoms with E-state index in [1.807, 2.05) is 9.97 Å². The van der Waals surface area contributed by atoms with Gasteiger partial charge in [0.25, 0.3) is 11.1 Å². The molecule has 0 spiro atoms. The fraction of sp³-hybridized carbons (Fsp3) is 0.732. The number of H-pyrrole nitrogens is 2. The summed E-state index contributed by atoms with van der Waals surface area (Å²) < 4.78 is 91.6. The van der Waals surface area contributed by atoms with Gasteiger partial charge in [-0.3, -0.25) is 60.6 Å². The Morgan fingerprint density at radius 2 is 1.08 bits per heavy atom. The van der Waals surface area contributed by atoms with Crippen LogP contribution in [0.5, 0.6) is 0 Å². The summed E-state index contributed by atoms with van der Waals surface area (Å²) in [6.45, 7) is 9.23. The van der Waals surface area contributed by atoms with E-state index in [0.29, 0.717) is 0 Å². The molecule has 0 saturated heterocycles. The summed E-state index contributed by atoms with van der Waals surface area (Å²) in [5.74, 6) is -1.64. The van der Waals surface area contributed by atoms with Crippen molar-refractivity contribution in [2.24, 2.45) is 10.8 Å². The Balaban J connectivity index is 0.000000390. The molecule has 410 valence electrons. The van der Waals surface area contributed by atoms with Gasteiger partial charge >= 0.3 is 45.0 Å². The number of carbonyl (C=O) groups excluding carboxylic acids is 3. The van der Waals surface area contributed by atoms with Crippen LogP contribution in [-0.2, 0) is 51.2 Å². The number of hydrogen-bond donors (Lipinski definition) is 9. The van der Waals surface area contributed by atoms with Crippen molar-refractivity contribution in [1.29, 1.82) is 0 Å². The van der Waals surface area contributed by atoms with Crippen molar-refractivity contribution >= 4 is 33.6 Å². The van der Waals surface area contributed by atoms with Crippen molar-refractivity contribution < 1.29 is 90.1 Å². The number of rotatable bonds is 22. The second-order valence-electron chi connectivity index (χ2n) is 18.8. The first-order valence-electron chi connectivity index (χ1n) is 22.3. The highest BCUT2D eigenvalue weighted by atomic mass is 31.2. The van der Waals surface area contributed by atoms with E-state index in [-0.39, 0.29) is 6.42 Å². The quantitative estimate of drug-likeness (QED) is 0.0340. The third-order valence-corrected chi connectivity index (χ3v) is 14.4. The van der Waals surface area contributed by atoms with Crippen LogP contribution >= 0.6 is 15.5 Å². The van der Waals surface area contributed by atoms with E-state index >= 15 is 0 Å². The molecule has 2 heterocycles. The van der Waals surface area contributed by atoms with E-state index in [1.54, 1.807) is 41.5 Å². The van der Waals surface area contributed by atoms with Gasteiger partial charge in [0.15, 0.2) is 0 Å². The van der Waals surface area contributed by atoms with Gasteiger partial charge in [-0.1, -0.05) is 0 Å². The van der Waals surface area contributed by atoms with Crippen LogP contribution in [0.15, 0.2) is 43.7 Å². The van der Waals surface area contributed by atoms with Crippen LogP contribution in [0.25, 0.3) is 0 Å². The summed E-state index contributed by atoms with van der Waals surface area (Å²) in [6, 6.07) is -2.86. The monoisotopic (exact) mass is 1080 g/mol. The Kier molecular flexibility index (Phi) is 21.2. The molecule has 31 heteroatoms. The molecule has 0 bridgehead atoms. The van der Waals surface area contributed by atoms with E-state index in [0.717, 1.165) is 33.7 Å². The maximum Gasteiger partial charge on any atom is 0.510 e. The molecule has 2 aromatic heterocycles. The van der Waals surface area contributed by atoms with E-state index in [9.17, 15) is 76.8 Å². The van der Waals surface area contributed by atoms with Crippen LogP contribution in [0, 0.1) is 10.8 Å². The van der Waals surface area contributed by atoms with Gasteiger partial charge in [0, 0.05) is 24.5 Å². The van der Waals surface area contributed by atoms with Gasteiger partial charge in [0.05, 0.1) is 80.0 Å². The zero-order chi connectivity index (χ0) is 54.9. The highest BCUT2D eigenvalue weighted by molar-refractivity contribution is 7.51. The second-order valence-corrected chi connectivity index (χ2v) is 22.1. The highest BCUT2D eigenvalue weighted by Crippen LogP contribution is 2.55. The molecule has 72 heavy (non-hydrogen) atoms. The first-order chi connectivity index (χ1) is 33.1. The lowest BCUT2D eigenvalue weighted by Gasteiger charge is -2.34. The first kappa shape index (κ1) is 61.8. The number of esters is 2. The average Bonchev–Trinajstić information content (AvgIpc) is 3.58. The molecule has 0 radical (unpaired) electrons. The SMILES string of the molecule is CC(C)OC(=O)OCOP(=O)(N[C@@H](C)C(=O)OC(C)C)OC[C@@]1(CF)C[C@@H](n2ccc(=O)[nH]c2=O)[C@](C)(O)[C@@H]1O.CC(C)OC(=O)[C@H](C)NP(=O)(O)OC[C@@]1(CF)C[C@@H](n2ccc(=O)[nH]c2=O)[C@](C)(O)[C@@H]1O. The molecule has 2 saturated carbocycles. The van der Waals surface area contributed by atoms with Crippen molar-refractivity contribution in [1.82, 2.24) is 29.3 Å². The largest absolute Gasteiger partial charge is 0.510 e. The Bertz CT molecular complexity index is 2540. The van der Waals surface area contributed by atoms with Crippen molar-refractivity contribution in [3.05, 3.63) is 66.2 Å². The Morgan fingerprint density at radius 3 is 1.46 bits per heavy atom. The molecule has 4 rings (SSSR count). The number of aromatic amines is 2. The smallest absolute Gasteiger partial charge is 0.462 e. The maximum atomic E-state index is 14.6. The lowest BCUT2D eigenvalue weighted by Crippen LogP contribution is -2.49. The van der Waals surface area contributed by atoms with E-state index in [2.05, 4.69) is 10.2 Å². The number of nitrogens with zero attached hydrogens (tertiary/aromatic N) is 2. The van der Waals surface area contributed by atoms with Gasteiger partial charge in [-0.25, -0.2) is 33.7 Å². The number of halogens is 2. The molecule has 2 aliphatic carbocycles. The van der Waals surface area contributed by atoms with E-state index in [1.165, 1.54) is 27.7 Å². The number of alkyl halides is 2. The van der Waals surface area contributed by atoms with Gasteiger partial charge in [-0.15, -0.1) is 0 Å². The second kappa shape index (κ2) is 24.7. The van der Waals surface area contributed by atoms with Gasteiger partial charge in [0.2, 0.25) is 6.79 Å². The number of hydrogen-bond acceptors (Lipinski definition) is 20. The van der Waals surface area contributed by atoms with Crippen LogP contribution in [-0.4, -0.2) is 150 Å². The molecular weight excluding hydrogens is 1010 g/mol. The van der Waals surface area contributed by atoms with Crippen LogP contribution in [0.3, 0.4) is 0 Å². The number of ether oxygens (including phenoxy) is 4. The third-order valence-electron chi connectivity index (χ3n) is 11.6. The lowest BCUT2D eigenvalue weighted by atomic mass is 9.84. The van der Waals surface area contributed by atoms with Gasteiger partial charge < -0.3 is 44.3 Å². The molecule has 0 amide bonds. The lowest BCUT2D eigenvalue weighted by molar-refractivity contribution is -0.150.